The van der Waals surface area contributed by atoms with Crippen molar-refractivity contribution in [1.29, 1.82) is 0 Å². The molecule has 3 rings (SSSR count). The van der Waals surface area contributed by atoms with Crippen LogP contribution in [0.2, 0.25) is 0 Å². The zero-order chi connectivity index (χ0) is 13.5. The number of primary amides is 1. The number of amides is 1. The number of hydrogen-bond acceptors (Lipinski definition) is 4. The summed E-state index contributed by atoms with van der Waals surface area (Å²) < 4.78 is 1.05. The fourth-order valence-electron chi connectivity index (χ4n) is 2.79. The van der Waals surface area contributed by atoms with Gasteiger partial charge >= 0.3 is 0 Å². The van der Waals surface area contributed by atoms with Gasteiger partial charge in [0.15, 0.2) is 0 Å². The van der Waals surface area contributed by atoms with E-state index in [9.17, 15) is 9.59 Å². The number of Topliss-reactive ketones (excluding diaryl/α,β-unsaturated/α-hetero) is 1. The number of nitrogens with zero attached hydrogens (tertiary/aromatic N) is 1. The maximum absolute atomic E-state index is 12.0. The molecule has 5 heteroatoms. The Morgan fingerprint density at radius 2 is 2.05 bits per heavy atom. The van der Waals surface area contributed by atoms with Crippen molar-refractivity contribution in [2.24, 2.45) is 5.73 Å². The molecule has 1 aliphatic rings. The van der Waals surface area contributed by atoms with Gasteiger partial charge in [0.05, 0.1) is 21.1 Å². The molecule has 0 radical (unpaired) electrons. The van der Waals surface area contributed by atoms with Crippen LogP contribution < -0.4 is 5.73 Å². The van der Waals surface area contributed by atoms with Gasteiger partial charge in [-0.05, 0) is 30.5 Å². The zero-order valence-electron chi connectivity index (χ0n) is 10.4. The minimum absolute atomic E-state index is 0.218. The fraction of sp³-hybridized carbons (Fsp3) is 0.357. The van der Waals surface area contributed by atoms with E-state index in [4.69, 9.17) is 5.73 Å². The lowest BCUT2D eigenvalue weighted by Crippen LogP contribution is -2.44. The quantitative estimate of drug-likeness (QED) is 0.912. The summed E-state index contributed by atoms with van der Waals surface area (Å²) in [6.07, 6.45) is 1.91. The van der Waals surface area contributed by atoms with Gasteiger partial charge in [0.1, 0.15) is 5.78 Å². The van der Waals surface area contributed by atoms with Gasteiger partial charge in [-0.2, -0.15) is 0 Å². The van der Waals surface area contributed by atoms with Gasteiger partial charge in [0, 0.05) is 12.8 Å². The smallest absolute Gasteiger partial charge is 0.228 e. The summed E-state index contributed by atoms with van der Waals surface area (Å²) in [5, 5.41) is 0. The number of thiazole rings is 1. The van der Waals surface area contributed by atoms with Crippen LogP contribution in [0.4, 0.5) is 0 Å². The third-order valence-corrected chi connectivity index (χ3v) is 4.81. The molecule has 0 bridgehead atoms. The van der Waals surface area contributed by atoms with Gasteiger partial charge in [-0.15, -0.1) is 11.3 Å². The van der Waals surface area contributed by atoms with E-state index < -0.39 is 5.41 Å². The number of carbonyl (C=O) groups excluding carboxylic acids is 2. The molecule has 1 amide bonds. The molecule has 1 fully saturated rings. The number of aromatic nitrogens is 1. The first-order chi connectivity index (χ1) is 9.12. The highest BCUT2D eigenvalue weighted by Crippen LogP contribution is 2.39. The monoisotopic (exact) mass is 274 g/mol. The average Bonchev–Trinajstić information content (AvgIpc) is 2.86. The number of ketones is 1. The second-order valence-corrected chi connectivity index (χ2v) is 5.91. The predicted molar refractivity (Wildman–Crippen MR) is 74.0 cm³/mol. The van der Waals surface area contributed by atoms with Crippen molar-refractivity contribution in [2.45, 2.75) is 31.1 Å². The van der Waals surface area contributed by atoms with Crippen molar-refractivity contribution in [3.63, 3.8) is 0 Å². The third-order valence-electron chi connectivity index (χ3n) is 4.02. The third kappa shape index (κ3) is 1.94. The van der Waals surface area contributed by atoms with Crippen LogP contribution in [0.1, 0.15) is 31.2 Å². The lowest BCUT2D eigenvalue weighted by Gasteiger charge is -2.34. The number of nitrogens with two attached hydrogens (primary N) is 1. The molecule has 0 aliphatic heterocycles. The Balaban J connectivity index is 2.08. The predicted octanol–water partition coefficient (Wildman–Crippen LogP) is 2.16. The largest absolute Gasteiger partial charge is 0.369 e. The summed E-state index contributed by atoms with van der Waals surface area (Å²) in [5.41, 5.74) is 8.59. The Kier molecular flexibility index (Phi) is 2.86. The van der Waals surface area contributed by atoms with Crippen LogP contribution in [0.5, 0.6) is 0 Å². The molecule has 0 saturated heterocycles. The normalized spacial score (nSPS) is 18.6. The Bertz CT molecular complexity index is 652. The van der Waals surface area contributed by atoms with Gasteiger partial charge in [0.25, 0.3) is 0 Å². The van der Waals surface area contributed by atoms with E-state index in [1.54, 1.807) is 16.8 Å². The minimum Gasteiger partial charge on any atom is -0.369 e. The van der Waals surface area contributed by atoms with Gasteiger partial charge in [-0.1, -0.05) is 6.07 Å². The van der Waals surface area contributed by atoms with Crippen LogP contribution in [0.3, 0.4) is 0 Å². The van der Waals surface area contributed by atoms with E-state index in [1.807, 2.05) is 18.2 Å². The van der Waals surface area contributed by atoms with E-state index in [1.165, 1.54) is 0 Å². The summed E-state index contributed by atoms with van der Waals surface area (Å²) in [6.45, 7) is 0. The molecule has 4 nitrogen and oxygen atoms in total. The number of benzene rings is 1. The molecule has 2 N–H and O–H groups in total. The van der Waals surface area contributed by atoms with Gasteiger partial charge in [-0.3, -0.25) is 9.59 Å². The summed E-state index contributed by atoms with van der Waals surface area (Å²) in [6, 6.07) is 5.83. The van der Waals surface area contributed by atoms with E-state index in [0.717, 1.165) is 15.8 Å². The Labute approximate surface area is 114 Å². The first-order valence-electron chi connectivity index (χ1n) is 6.27. The van der Waals surface area contributed by atoms with E-state index >= 15 is 0 Å². The molecule has 0 atom stereocenters. The maximum Gasteiger partial charge on any atom is 0.228 e. The topological polar surface area (TPSA) is 73.1 Å². The molecule has 1 aromatic carbocycles. The van der Waals surface area contributed by atoms with Crippen LogP contribution in [-0.4, -0.2) is 16.7 Å². The highest BCUT2D eigenvalue weighted by atomic mass is 32.1. The Morgan fingerprint density at radius 1 is 1.32 bits per heavy atom. The highest BCUT2D eigenvalue weighted by molar-refractivity contribution is 7.16. The van der Waals surface area contributed by atoms with Crippen LogP contribution >= 0.6 is 11.3 Å². The molecule has 1 aliphatic carbocycles. The second kappa shape index (κ2) is 4.42. The van der Waals surface area contributed by atoms with Gasteiger partial charge in [-0.25, -0.2) is 4.98 Å². The number of carbonyl (C=O) groups is 2. The molecule has 0 unspecified atom stereocenters. The van der Waals surface area contributed by atoms with Crippen LogP contribution in [0, 0.1) is 0 Å². The SMILES string of the molecule is NC(=O)C1(c2ccc3ncsc3c2)CCC(=O)CC1. The van der Waals surface area contributed by atoms with Crippen molar-refractivity contribution >= 4 is 33.2 Å². The molecular weight excluding hydrogens is 260 g/mol. The van der Waals surface area contributed by atoms with Crippen molar-refractivity contribution in [3.8, 4) is 0 Å². The van der Waals surface area contributed by atoms with Crippen molar-refractivity contribution < 1.29 is 9.59 Å². The van der Waals surface area contributed by atoms with Crippen molar-refractivity contribution in [3.05, 3.63) is 29.3 Å². The minimum atomic E-state index is -0.688. The number of fused-ring (bicyclic) bond motifs is 1. The molecule has 2 aromatic rings. The van der Waals surface area contributed by atoms with E-state index in [-0.39, 0.29) is 11.7 Å². The lowest BCUT2D eigenvalue weighted by molar-refractivity contribution is -0.128. The Morgan fingerprint density at radius 3 is 2.74 bits per heavy atom. The summed E-state index contributed by atoms with van der Waals surface area (Å²) >= 11 is 1.55. The van der Waals surface area contributed by atoms with Crippen molar-refractivity contribution in [2.75, 3.05) is 0 Å². The number of rotatable bonds is 2. The fourth-order valence-corrected chi connectivity index (χ4v) is 3.50. The van der Waals surface area contributed by atoms with E-state index in [2.05, 4.69) is 4.98 Å². The maximum atomic E-state index is 12.0. The van der Waals surface area contributed by atoms with Crippen LogP contribution in [0.15, 0.2) is 23.7 Å². The highest BCUT2D eigenvalue weighted by Gasteiger charge is 2.41. The van der Waals surface area contributed by atoms with Crippen LogP contribution in [0.25, 0.3) is 10.2 Å². The first-order valence-corrected chi connectivity index (χ1v) is 7.15. The lowest BCUT2D eigenvalue weighted by atomic mass is 9.68. The number of hydrogen-bond donors (Lipinski definition) is 1. The first kappa shape index (κ1) is 12.3. The Hall–Kier alpha value is -1.75. The molecule has 1 heterocycles. The van der Waals surface area contributed by atoms with Gasteiger partial charge < -0.3 is 5.73 Å². The molecule has 1 saturated carbocycles. The summed E-state index contributed by atoms with van der Waals surface area (Å²) in [4.78, 5) is 27.6. The summed E-state index contributed by atoms with van der Waals surface area (Å²) in [7, 11) is 0. The average molecular weight is 274 g/mol. The molecule has 98 valence electrons. The molecular formula is C14H14N2O2S. The summed E-state index contributed by atoms with van der Waals surface area (Å²) in [5.74, 6) is -0.111. The molecule has 19 heavy (non-hydrogen) atoms. The van der Waals surface area contributed by atoms with Gasteiger partial charge in [0.2, 0.25) is 5.91 Å². The zero-order valence-corrected chi connectivity index (χ0v) is 11.2. The standard InChI is InChI=1S/C14H14N2O2S/c15-13(18)14(5-3-10(17)4-6-14)9-1-2-11-12(7-9)19-8-16-11/h1-2,7-8H,3-6H2,(H2,15,18). The van der Waals surface area contributed by atoms with E-state index in [0.29, 0.717) is 25.7 Å². The molecule has 1 aromatic heterocycles. The second-order valence-electron chi connectivity index (χ2n) is 5.02. The van der Waals surface area contributed by atoms with Crippen molar-refractivity contribution in [1.82, 2.24) is 4.98 Å². The van der Waals surface area contributed by atoms with Crippen LogP contribution in [-0.2, 0) is 15.0 Å². The molecule has 0 spiro atoms.